The van der Waals surface area contributed by atoms with Crippen LogP contribution in [0.15, 0.2) is 35.1 Å². The van der Waals surface area contributed by atoms with Gasteiger partial charge in [0.1, 0.15) is 17.4 Å². The molecule has 1 aliphatic heterocycles. The molecule has 4 aromatic rings. The van der Waals surface area contributed by atoms with Gasteiger partial charge in [-0.1, -0.05) is 18.2 Å². The summed E-state index contributed by atoms with van der Waals surface area (Å²) < 4.78 is 9.89. The van der Waals surface area contributed by atoms with Gasteiger partial charge >= 0.3 is 0 Å². The highest BCUT2D eigenvalue weighted by atomic mass is 16.5. The van der Waals surface area contributed by atoms with E-state index in [-0.39, 0.29) is 24.1 Å². The lowest BCUT2D eigenvalue weighted by Gasteiger charge is -2.31. The van der Waals surface area contributed by atoms with Gasteiger partial charge in [0.2, 0.25) is 0 Å². The predicted molar refractivity (Wildman–Crippen MR) is 137 cm³/mol. The smallest absolute Gasteiger partial charge is 0.256 e. The number of aromatic nitrogens is 5. The molecule has 0 radical (unpaired) electrons. The van der Waals surface area contributed by atoms with Crippen LogP contribution in [0.3, 0.4) is 0 Å². The fourth-order valence-electron chi connectivity index (χ4n) is 5.59. The lowest BCUT2D eigenvalue weighted by molar-refractivity contribution is 0.0951. The predicted octanol–water partition coefficient (Wildman–Crippen LogP) is 3.61. The Bertz CT molecular complexity index is 1510. The van der Waals surface area contributed by atoms with E-state index in [1.165, 1.54) is 7.11 Å². The van der Waals surface area contributed by atoms with Crippen LogP contribution in [-0.2, 0) is 19.5 Å². The summed E-state index contributed by atoms with van der Waals surface area (Å²) >= 11 is 0. The van der Waals surface area contributed by atoms with Gasteiger partial charge in [0.25, 0.3) is 11.5 Å². The van der Waals surface area contributed by atoms with E-state index in [0.29, 0.717) is 28.5 Å². The van der Waals surface area contributed by atoms with Crippen molar-refractivity contribution in [3.05, 3.63) is 74.8 Å². The van der Waals surface area contributed by atoms with Crippen molar-refractivity contribution in [3.63, 3.8) is 0 Å². The van der Waals surface area contributed by atoms with Crippen LogP contribution in [0.5, 0.6) is 5.75 Å². The van der Waals surface area contributed by atoms with Crippen LogP contribution in [-0.4, -0.2) is 37.3 Å². The zero-order chi connectivity index (χ0) is 25.6. The number of methoxy groups -OCH3 is 1. The third kappa shape index (κ3) is 3.98. The van der Waals surface area contributed by atoms with Gasteiger partial charge in [0, 0.05) is 41.3 Å². The molecule has 2 atom stereocenters. The number of aryl methyl sites for hydroxylation is 3. The van der Waals surface area contributed by atoms with Crippen LogP contribution in [0.1, 0.15) is 58.3 Å². The quantitative estimate of drug-likeness (QED) is 0.431. The number of amides is 1. The first-order valence-corrected chi connectivity index (χ1v) is 12.3. The number of carbonyl (C=O) groups excluding carboxylic acids is 1. The minimum absolute atomic E-state index is 0.0738. The summed E-state index contributed by atoms with van der Waals surface area (Å²) in [6, 6.07) is 9.95. The number of H-pyrrole nitrogens is 1. The van der Waals surface area contributed by atoms with Crippen molar-refractivity contribution in [2.45, 2.75) is 59.7 Å². The highest BCUT2D eigenvalue weighted by molar-refractivity contribution is 6.08. The van der Waals surface area contributed by atoms with E-state index in [1.807, 2.05) is 32.0 Å². The van der Waals surface area contributed by atoms with E-state index >= 15 is 0 Å². The van der Waals surface area contributed by atoms with Crippen molar-refractivity contribution in [2.75, 3.05) is 7.11 Å². The summed E-state index contributed by atoms with van der Waals surface area (Å²) in [6.07, 6.45) is 1.91. The van der Waals surface area contributed by atoms with E-state index in [1.54, 1.807) is 13.0 Å². The minimum atomic E-state index is -0.263. The van der Waals surface area contributed by atoms with E-state index in [2.05, 4.69) is 42.6 Å². The highest BCUT2D eigenvalue weighted by Gasteiger charge is 2.30. The van der Waals surface area contributed by atoms with Gasteiger partial charge in [-0.2, -0.15) is 0 Å². The standard InChI is InChI=1S/C27H32N6O3/c1-15-12-23(36-5)21(26(34)29-15)13-28-27(35)25-17(3)33(22-9-7-6-8-20(22)25)16(2)19-10-11-24-31-30-18(4)32(24)14-19/h6-9,12,16,19H,10-11,13-14H2,1-5H3,(H,28,35)(H,29,34)/t16-,19?/m1/s1. The number of ether oxygens (including phenoxy) is 1. The molecule has 188 valence electrons. The second kappa shape index (κ2) is 9.29. The van der Waals surface area contributed by atoms with Crippen LogP contribution in [0.2, 0.25) is 0 Å². The molecule has 0 aliphatic carbocycles. The van der Waals surface area contributed by atoms with Crippen molar-refractivity contribution in [3.8, 4) is 5.75 Å². The van der Waals surface area contributed by atoms with E-state index in [0.717, 1.165) is 47.6 Å². The number of hydrogen-bond acceptors (Lipinski definition) is 5. The zero-order valence-electron chi connectivity index (χ0n) is 21.4. The number of pyridine rings is 1. The third-order valence-electron chi connectivity index (χ3n) is 7.52. The van der Waals surface area contributed by atoms with Crippen LogP contribution in [0.25, 0.3) is 10.9 Å². The lowest BCUT2D eigenvalue weighted by atomic mass is 9.92. The topological polar surface area (TPSA) is 107 Å². The van der Waals surface area contributed by atoms with E-state index in [4.69, 9.17) is 4.74 Å². The third-order valence-corrected chi connectivity index (χ3v) is 7.52. The molecule has 9 nitrogen and oxygen atoms in total. The van der Waals surface area contributed by atoms with E-state index in [9.17, 15) is 9.59 Å². The van der Waals surface area contributed by atoms with Gasteiger partial charge in [-0.3, -0.25) is 9.59 Å². The molecule has 0 fully saturated rings. The van der Waals surface area contributed by atoms with Gasteiger partial charge < -0.3 is 24.2 Å². The Balaban J connectivity index is 1.47. The van der Waals surface area contributed by atoms with E-state index < -0.39 is 0 Å². The summed E-state index contributed by atoms with van der Waals surface area (Å²) in [7, 11) is 1.52. The second-order valence-corrected chi connectivity index (χ2v) is 9.67. The van der Waals surface area contributed by atoms with Gasteiger partial charge in [-0.15, -0.1) is 10.2 Å². The zero-order valence-corrected chi connectivity index (χ0v) is 21.4. The Morgan fingerprint density at radius 1 is 1.25 bits per heavy atom. The number of nitrogens with one attached hydrogen (secondary N) is 2. The summed E-state index contributed by atoms with van der Waals surface area (Å²) in [5, 5.41) is 12.4. The summed E-state index contributed by atoms with van der Waals surface area (Å²) in [5.74, 6) is 2.62. The first-order chi connectivity index (χ1) is 17.3. The Morgan fingerprint density at radius 2 is 2.03 bits per heavy atom. The van der Waals surface area contributed by atoms with Crippen LogP contribution in [0.4, 0.5) is 0 Å². The summed E-state index contributed by atoms with van der Waals surface area (Å²) in [6.45, 7) is 8.96. The second-order valence-electron chi connectivity index (χ2n) is 9.67. The van der Waals surface area contributed by atoms with Crippen molar-refractivity contribution in [2.24, 2.45) is 5.92 Å². The summed E-state index contributed by atoms with van der Waals surface area (Å²) in [5.41, 5.74) is 3.42. The first kappa shape index (κ1) is 23.8. The van der Waals surface area contributed by atoms with Crippen molar-refractivity contribution < 1.29 is 9.53 Å². The van der Waals surface area contributed by atoms with Crippen molar-refractivity contribution in [1.29, 1.82) is 0 Å². The Morgan fingerprint density at radius 3 is 2.81 bits per heavy atom. The molecule has 0 saturated heterocycles. The molecular formula is C27H32N6O3. The Hall–Kier alpha value is -3.88. The van der Waals surface area contributed by atoms with Crippen LogP contribution >= 0.6 is 0 Å². The SMILES string of the molecule is COc1cc(C)[nH]c(=O)c1CNC(=O)c1c(C)n([C@H](C)C2CCc3nnc(C)n3C2)c2ccccc12. The molecule has 3 aromatic heterocycles. The molecule has 5 rings (SSSR count). The molecule has 1 unspecified atom stereocenters. The highest BCUT2D eigenvalue weighted by Crippen LogP contribution is 2.36. The number of hydrogen-bond donors (Lipinski definition) is 2. The largest absolute Gasteiger partial charge is 0.496 e. The molecule has 0 saturated carbocycles. The number of aromatic amines is 1. The fraction of sp³-hybridized carbons (Fsp3) is 0.407. The molecule has 2 N–H and O–H groups in total. The number of carbonyl (C=O) groups is 1. The molecule has 1 aliphatic rings. The molecule has 36 heavy (non-hydrogen) atoms. The molecule has 1 amide bonds. The average Bonchev–Trinajstić information content (AvgIpc) is 3.38. The number of rotatable bonds is 6. The number of nitrogens with zero attached hydrogens (tertiary/aromatic N) is 4. The monoisotopic (exact) mass is 488 g/mol. The van der Waals surface area contributed by atoms with Gasteiger partial charge in [-0.05, 0) is 52.2 Å². The maximum atomic E-state index is 13.5. The summed E-state index contributed by atoms with van der Waals surface area (Å²) in [4.78, 5) is 28.8. The van der Waals surface area contributed by atoms with Gasteiger partial charge in [-0.25, -0.2) is 0 Å². The van der Waals surface area contributed by atoms with Crippen LogP contribution < -0.4 is 15.6 Å². The molecule has 9 heteroatoms. The molecule has 1 aromatic carbocycles. The fourth-order valence-corrected chi connectivity index (χ4v) is 5.59. The Kier molecular flexibility index (Phi) is 6.15. The molecule has 0 bridgehead atoms. The van der Waals surface area contributed by atoms with Gasteiger partial charge in [0.05, 0.1) is 24.8 Å². The van der Waals surface area contributed by atoms with Crippen LogP contribution in [0, 0.1) is 26.7 Å². The van der Waals surface area contributed by atoms with Crippen molar-refractivity contribution >= 4 is 16.8 Å². The maximum absolute atomic E-state index is 13.5. The normalized spacial score (nSPS) is 16.1. The van der Waals surface area contributed by atoms with Gasteiger partial charge in [0.15, 0.2) is 0 Å². The maximum Gasteiger partial charge on any atom is 0.256 e. The minimum Gasteiger partial charge on any atom is -0.496 e. The van der Waals surface area contributed by atoms with Crippen molar-refractivity contribution in [1.82, 2.24) is 29.6 Å². The first-order valence-electron chi connectivity index (χ1n) is 12.3. The molecular weight excluding hydrogens is 456 g/mol. The number of benzene rings is 1. The lowest BCUT2D eigenvalue weighted by Crippen LogP contribution is -2.29. The Labute approximate surface area is 209 Å². The molecule has 4 heterocycles. The number of fused-ring (bicyclic) bond motifs is 2. The average molecular weight is 489 g/mol. The molecule has 0 spiro atoms. The number of para-hydroxylation sites is 1.